The van der Waals surface area contributed by atoms with Crippen molar-refractivity contribution >= 4 is 26.5 Å². The molecule has 0 amide bonds. The number of carbonyl (C=O) groups is 1. The zero-order valence-corrected chi connectivity index (χ0v) is 15.6. The van der Waals surface area contributed by atoms with Crippen LogP contribution in [0.1, 0.15) is 13.3 Å². The zero-order valence-electron chi connectivity index (χ0n) is 13.7. The quantitative estimate of drug-likeness (QED) is 0.280. The van der Waals surface area contributed by atoms with Gasteiger partial charge in [0.2, 0.25) is 0 Å². The van der Waals surface area contributed by atoms with Crippen molar-refractivity contribution in [1.29, 1.82) is 0 Å². The van der Waals surface area contributed by atoms with E-state index in [2.05, 4.69) is 0 Å². The van der Waals surface area contributed by atoms with Crippen molar-refractivity contribution in [3.63, 3.8) is 0 Å². The molecule has 2 N–H and O–H groups in total. The highest BCUT2D eigenvalue weighted by Crippen LogP contribution is 2.16. The predicted octanol–water partition coefficient (Wildman–Crippen LogP) is 0.520. The van der Waals surface area contributed by atoms with Gasteiger partial charge < -0.3 is 28.2 Å². The third kappa shape index (κ3) is 8.46. The Bertz CT molecular complexity index is 294. The lowest BCUT2D eigenvalue weighted by Crippen LogP contribution is -2.42. The van der Waals surface area contributed by atoms with Crippen molar-refractivity contribution in [3.8, 4) is 0 Å². The van der Waals surface area contributed by atoms with Crippen LogP contribution in [-0.2, 0) is 22.8 Å². The minimum atomic E-state index is -2.60. The number of carbonyl (C=O) groups excluding carboxylic acids is 1. The van der Waals surface area contributed by atoms with E-state index in [9.17, 15) is 9.90 Å². The van der Waals surface area contributed by atoms with Crippen molar-refractivity contribution in [2.75, 3.05) is 46.0 Å². The molecule has 7 nitrogen and oxygen atoms in total. The molecule has 0 aliphatic rings. The summed E-state index contributed by atoms with van der Waals surface area (Å²) >= 11 is 1.41. The second-order valence-corrected chi connectivity index (χ2v) is 9.01. The van der Waals surface area contributed by atoms with Crippen LogP contribution in [-0.4, -0.2) is 77.1 Å². The number of hydrogen-bond acceptors (Lipinski definition) is 8. The predicted molar refractivity (Wildman–Crippen MR) is 86.7 cm³/mol. The fourth-order valence-corrected chi connectivity index (χ4v) is 4.35. The highest BCUT2D eigenvalue weighted by atomic mass is 32.2. The van der Waals surface area contributed by atoms with Crippen LogP contribution in [0, 0.1) is 5.92 Å². The van der Waals surface area contributed by atoms with Gasteiger partial charge in [0.15, 0.2) is 0 Å². The van der Waals surface area contributed by atoms with Crippen LogP contribution in [0.4, 0.5) is 0 Å². The molecule has 0 fully saturated rings. The summed E-state index contributed by atoms with van der Waals surface area (Å²) in [7, 11) is 2.04. The van der Waals surface area contributed by atoms with Crippen LogP contribution in [0.2, 0.25) is 6.04 Å². The lowest BCUT2D eigenvalue weighted by Gasteiger charge is -2.24. The Morgan fingerprint density at radius 1 is 1.18 bits per heavy atom. The van der Waals surface area contributed by atoms with Gasteiger partial charge in [-0.2, -0.15) is 11.8 Å². The van der Waals surface area contributed by atoms with Gasteiger partial charge in [0, 0.05) is 38.9 Å². The van der Waals surface area contributed by atoms with Crippen LogP contribution in [0.15, 0.2) is 0 Å². The zero-order chi connectivity index (χ0) is 17.0. The average molecular weight is 357 g/mol. The van der Waals surface area contributed by atoms with E-state index in [1.807, 2.05) is 0 Å². The van der Waals surface area contributed by atoms with E-state index >= 15 is 0 Å². The number of aliphatic hydroxyl groups is 2. The first-order valence-electron chi connectivity index (χ1n) is 7.13. The molecule has 0 rings (SSSR count). The molecule has 0 heterocycles. The Labute approximate surface area is 137 Å². The number of hydrogen-bond donors (Lipinski definition) is 2. The summed E-state index contributed by atoms with van der Waals surface area (Å²) < 4.78 is 21.1. The summed E-state index contributed by atoms with van der Waals surface area (Å²) in [6.45, 7) is 1.80. The maximum Gasteiger partial charge on any atom is 0.500 e. The molecule has 0 aromatic heterocycles. The molecule has 2 unspecified atom stereocenters. The maximum absolute atomic E-state index is 11.8. The molecule has 0 aromatic carbocycles. The van der Waals surface area contributed by atoms with E-state index in [1.165, 1.54) is 11.8 Å². The number of aliphatic hydroxyl groups excluding tert-OH is 2. The lowest BCUT2D eigenvalue weighted by molar-refractivity contribution is -0.147. The van der Waals surface area contributed by atoms with Gasteiger partial charge in [0.1, 0.15) is 0 Å². The van der Waals surface area contributed by atoms with E-state index in [0.29, 0.717) is 24.0 Å². The summed E-state index contributed by atoms with van der Waals surface area (Å²) in [6.07, 6.45) is -0.139. The number of rotatable bonds is 13. The minimum absolute atomic E-state index is 0.259. The van der Waals surface area contributed by atoms with Crippen LogP contribution < -0.4 is 0 Å². The fourth-order valence-electron chi connectivity index (χ4n) is 1.66. The molecule has 0 radical (unpaired) electrons. The van der Waals surface area contributed by atoms with Crippen LogP contribution in [0.3, 0.4) is 0 Å². The summed E-state index contributed by atoms with van der Waals surface area (Å²) in [4.78, 5) is 11.8. The van der Waals surface area contributed by atoms with Gasteiger partial charge in [-0.25, -0.2) is 0 Å². The van der Waals surface area contributed by atoms with Gasteiger partial charge in [0.05, 0.1) is 25.2 Å². The van der Waals surface area contributed by atoms with Gasteiger partial charge in [-0.1, -0.05) is 6.92 Å². The highest BCUT2D eigenvalue weighted by molar-refractivity contribution is 7.99. The van der Waals surface area contributed by atoms with Gasteiger partial charge in [-0.15, -0.1) is 0 Å². The summed E-state index contributed by atoms with van der Waals surface area (Å²) in [6, 6.07) is 0.579. The monoisotopic (exact) mass is 356 g/mol. The third-order valence-electron chi connectivity index (χ3n) is 3.10. The summed E-state index contributed by atoms with van der Waals surface area (Å²) in [5.41, 5.74) is 0. The van der Waals surface area contributed by atoms with Crippen molar-refractivity contribution in [2.45, 2.75) is 25.5 Å². The van der Waals surface area contributed by atoms with Crippen molar-refractivity contribution < 1.29 is 33.0 Å². The molecule has 0 aliphatic heterocycles. The first kappa shape index (κ1) is 21.8. The standard InChI is InChI=1S/C13H28O7SSi/c1-11(9-21-10-12(15)8-14)13(16)20-6-5-7-22(17-2,18-3)19-4/h11-12,14-15H,5-10H2,1-4H3. The number of ether oxygens (including phenoxy) is 1. The molecule has 0 spiro atoms. The Morgan fingerprint density at radius 3 is 2.27 bits per heavy atom. The molecule has 2 atom stereocenters. The molecule has 0 aliphatic carbocycles. The van der Waals surface area contributed by atoms with Crippen LogP contribution in [0.5, 0.6) is 0 Å². The molecule has 0 aromatic rings. The molecule has 0 bridgehead atoms. The number of thioether (sulfide) groups is 1. The maximum atomic E-state index is 11.8. The van der Waals surface area contributed by atoms with Crippen LogP contribution in [0.25, 0.3) is 0 Å². The molecule has 9 heteroatoms. The van der Waals surface area contributed by atoms with Gasteiger partial charge >= 0.3 is 14.8 Å². The first-order chi connectivity index (χ1) is 10.4. The minimum Gasteiger partial charge on any atom is -0.465 e. The normalized spacial score (nSPS) is 14.6. The lowest BCUT2D eigenvalue weighted by atomic mass is 10.2. The van der Waals surface area contributed by atoms with E-state index in [1.54, 1.807) is 28.3 Å². The molecular weight excluding hydrogens is 328 g/mol. The Kier molecular flexibility index (Phi) is 12.2. The number of esters is 1. The van der Waals surface area contributed by atoms with E-state index in [0.717, 1.165) is 0 Å². The third-order valence-corrected chi connectivity index (χ3v) is 7.28. The van der Waals surface area contributed by atoms with E-state index in [4.69, 9.17) is 23.1 Å². The van der Waals surface area contributed by atoms with Crippen molar-refractivity contribution in [2.24, 2.45) is 5.92 Å². The van der Waals surface area contributed by atoms with Crippen LogP contribution >= 0.6 is 11.8 Å². The van der Waals surface area contributed by atoms with Crippen molar-refractivity contribution in [1.82, 2.24) is 0 Å². The molecule has 0 saturated carbocycles. The summed E-state index contributed by atoms with van der Waals surface area (Å²) in [5.74, 6) is 0.413. The Balaban J connectivity index is 3.88. The smallest absolute Gasteiger partial charge is 0.465 e. The summed E-state index contributed by atoms with van der Waals surface area (Å²) in [5, 5.41) is 17.9. The Hall–Kier alpha value is -0.163. The van der Waals surface area contributed by atoms with E-state index in [-0.39, 0.29) is 25.1 Å². The molecule has 22 heavy (non-hydrogen) atoms. The first-order valence-corrected chi connectivity index (χ1v) is 10.2. The molecular formula is C13H28O7SSi. The van der Waals surface area contributed by atoms with Gasteiger partial charge in [-0.3, -0.25) is 4.79 Å². The van der Waals surface area contributed by atoms with E-state index < -0.39 is 14.9 Å². The Morgan fingerprint density at radius 2 is 1.77 bits per heavy atom. The SMILES string of the molecule is CO[Si](CCCOC(=O)C(C)CSCC(O)CO)(OC)OC. The van der Waals surface area contributed by atoms with Gasteiger partial charge in [-0.05, 0) is 6.42 Å². The second-order valence-electron chi connectivity index (χ2n) is 4.84. The molecule has 0 saturated heterocycles. The second kappa shape index (κ2) is 12.3. The average Bonchev–Trinajstić information content (AvgIpc) is 2.55. The topological polar surface area (TPSA) is 94.5 Å². The molecule has 132 valence electrons. The highest BCUT2D eigenvalue weighted by Gasteiger charge is 2.37. The van der Waals surface area contributed by atoms with Gasteiger partial charge in [0.25, 0.3) is 0 Å². The largest absolute Gasteiger partial charge is 0.500 e. The fraction of sp³-hybridized carbons (Fsp3) is 0.923. The van der Waals surface area contributed by atoms with Crippen molar-refractivity contribution in [3.05, 3.63) is 0 Å².